The number of carbonyl (C=O) groups is 1. The van der Waals surface area contributed by atoms with E-state index < -0.39 is 5.91 Å². The Morgan fingerprint density at radius 1 is 1.59 bits per heavy atom. The minimum absolute atomic E-state index is 0.0269. The summed E-state index contributed by atoms with van der Waals surface area (Å²) in [5.74, 6) is -0.303. The standard InChI is InChI=1S/C10H16N4O3/c1-5-6(2)10(17-7(5)3-15)14-4-12-9(13-14)8(11)16/h4-7,10,15H,3H2,1-2H3,(H2,11,16)/t5-,6+,7+,10+/m1/s1. The Kier molecular flexibility index (Phi) is 3.12. The molecule has 0 aliphatic carbocycles. The maximum Gasteiger partial charge on any atom is 0.288 e. The van der Waals surface area contributed by atoms with Gasteiger partial charge < -0.3 is 15.6 Å². The van der Waals surface area contributed by atoms with Crippen LogP contribution in [0.4, 0.5) is 0 Å². The average Bonchev–Trinajstić information content (AvgIpc) is 2.87. The molecule has 94 valence electrons. The first-order valence-electron chi connectivity index (χ1n) is 5.52. The summed E-state index contributed by atoms with van der Waals surface area (Å²) in [6.45, 7) is 3.99. The summed E-state index contributed by atoms with van der Waals surface area (Å²) in [6, 6.07) is 0. The van der Waals surface area contributed by atoms with E-state index in [2.05, 4.69) is 10.1 Å². The van der Waals surface area contributed by atoms with Crippen molar-refractivity contribution in [2.75, 3.05) is 6.61 Å². The molecule has 1 aromatic heterocycles. The summed E-state index contributed by atoms with van der Waals surface area (Å²) in [7, 11) is 0. The number of aliphatic hydroxyl groups excluding tert-OH is 1. The molecular weight excluding hydrogens is 224 g/mol. The molecule has 0 aromatic carbocycles. The molecule has 1 amide bonds. The Labute approximate surface area is 98.6 Å². The minimum Gasteiger partial charge on any atom is -0.394 e. The highest BCUT2D eigenvalue weighted by Gasteiger charge is 2.40. The lowest BCUT2D eigenvalue weighted by Gasteiger charge is -2.15. The molecule has 2 rings (SSSR count). The van der Waals surface area contributed by atoms with Crippen LogP contribution in [0.15, 0.2) is 6.33 Å². The van der Waals surface area contributed by atoms with E-state index >= 15 is 0 Å². The molecule has 0 saturated carbocycles. The fourth-order valence-electron chi connectivity index (χ4n) is 2.05. The number of hydrogen-bond acceptors (Lipinski definition) is 5. The Hall–Kier alpha value is -1.47. The fourth-order valence-corrected chi connectivity index (χ4v) is 2.05. The second-order valence-electron chi connectivity index (χ2n) is 4.38. The number of aliphatic hydroxyl groups is 1. The first kappa shape index (κ1) is 12.0. The monoisotopic (exact) mass is 240 g/mol. The molecule has 1 saturated heterocycles. The van der Waals surface area contributed by atoms with Gasteiger partial charge in [-0.05, 0) is 5.92 Å². The van der Waals surface area contributed by atoms with Gasteiger partial charge in [0.1, 0.15) is 6.33 Å². The fraction of sp³-hybridized carbons (Fsp3) is 0.700. The smallest absolute Gasteiger partial charge is 0.288 e. The zero-order valence-corrected chi connectivity index (χ0v) is 9.78. The molecule has 0 spiro atoms. The van der Waals surface area contributed by atoms with Crippen LogP contribution in [0.2, 0.25) is 0 Å². The Morgan fingerprint density at radius 3 is 2.76 bits per heavy atom. The number of rotatable bonds is 3. The minimum atomic E-state index is -0.666. The molecule has 3 N–H and O–H groups in total. The first-order valence-corrected chi connectivity index (χ1v) is 5.52. The molecule has 0 unspecified atom stereocenters. The van der Waals surface area contributed by atoms with Crippen LogP contribution in [-0.4, -0.2) is 38.5 Å². The van der Waals surface area contributed by atoms with Crippen LogP contribution >= 0.6 is 0 Å². The third-order valence-electron chi connectivity index (χ3n) is 3.35. The number of hydrogen-bond donors (Lipinski definition) is 2. The normalized spacial score (nSPS) is 32.9. The SMILES string of the molecule is C[C@@H]1[C@H](C)[C@@H](n2cnc(C(N)=O)n2)O[C@H]1CO. The maximum absolute atomic E-state index is 10.9. The van der Waals surface area contributed by atoms with Crippen molar-refractivity contribution >= 4 is 5.91 Å². The van der Waals surface area contributed by atoms with Crippen molar-refractivity contribution in [3.05, 3.63) is 12.2 Å². The lowest BCUT2D eigenvalue weighted by Crippen LogP contribution is -2.19. The molecule has 1 fully saturated rings. The van der Waals surface area contributed by atoms with Crippen molar-refractivity contribution in [2.24, 2.45) is 17.6 Å². The second-order valence-corrected chi connectivity index (χ2v) is 4.38. The molecule has 7 heteroatoms. The zero-order valence-electron chi connectivity index (χ0n) is 9.78. The summed E-state index contributed by atoms with van der Waals surface area (Å²) in [5.41, 5.74) is 5.08. The summed E-state index contributed by atoms with van der Waals surface area (Å²) in [4.78, 5) is 14.7. The van der Waals surface area contributed by atoms with Crippen molar-refractivity contribution in [2.45, 2.75) is 26.2 Å². The van der Waals surface area contributed by atoms with E-state index in [4.69, 9.17) is 15.6 Å². The topological polar surface area (TPSA) is 103 Å². The van der Waals surface area contributed by atoms with Crippen LogP contribution in [-0.2, 0) is 4.74 Å². The van der Waals surface area contributed by atoms with Gasteiger partial charge >= 0.3 is 0 Å². The van der Waals surface area contributed by atoms with Crippen molar-refractivity contribution in [1.29, 1.82) is 0 Å². The lowest BCUT2D eigenvalue weighted by molar-refractivity contribution is -0.0413. The Morgan fingerprint density at radius 2 is 2.29 bits per heavy atom. The number of aromatic nitrogens is 3. The Balaban J connectivity index is 2.19. The molecule has 1 aliphatic heterocycles. The van der Waals surface area contributed by atoms with Crippen molar-refractivity contribution in [3.8, 4) is 0 Å². The van der Waals surface area contributed by atoms with Crippen LogP contribution in [0.5, 0.6) is 0 Å². The zero-order chi connectivity index (χ0) is 12.6. The number of primary amides is 1. The molecule has 4 atom stereocenters. The molecule has 1 aliphatic rings. The van der Waals surface area contributed by atoms with E-state index in [0.29, 0.717) is 0 Å². The van der Waals surface area contributed by atoms with Gasteiger partial charge in [-0.25, -0.2) is 9.67 Å². The van der Waals surface area contributed by atoms with E-state index in [0.717, 1.165) is 0 Å². The van der Waals surface area contributed by atoms with Gasteiger partial charge in [-0.3, -0.25) is 4.79 Å². The second kappa shape index (κ2) is 4.42. The van der Waals surface area contributed by atoms with E-state index in [9.17, 15) is 4.79 Å². The predicted octanol–water partition coefficient (Wildman–Crippen LogP) is -0.461. The number of ether oxygens (including phenoxy) is 1. The molecule has 7 nitrogen and oxygen atoms in total. The number of nitrogens with zero attached hydrogens (tertiary/aromatic N) is 3. The van der Waals surface area contributed by atoms with Gasteiger partial charge in [0.2, 0.25) is 5.82 Å². The van der Waals surface area contributed by atoms with Crippen LogP contribution in [0, 0.1) is 11.8 Å². The van der Waals surface area contributed by atoms with Crippen LogP contribution in [0.25, 0.3) is 0 Å². The van der Waals surface area contributed by atoms with E-state index in [1.54, 1.807) is 0 Å². The molecule has 0 radical (unpaired) electrons. The molecule has 0 bridgehead atoms. The summed E-state index contributed by atoms with van der Waals surface area (Å²) in [5, 5.41) is 13.1. The largest absolute Gasteiger partial charge is 0.394 e. The first-order chi connectivity index (χ1) is 8.04. The third-order valence-corrected chi connectivity index (χ3v) is 3.35. The maximum atomic E-state index is 10.9. The molecule has 1 aromatic rings. The van der Waals surface area contributed by atoms with Gasteiger partial charge in [-0.1, -0.05) is 13.8 Å². The van der Waals surface area contributed by atoms with Gasteiger partial charge in [0.05, 0.1) is 12.7 Å². The lowest BCUT2D eigenvalue weighted by atomic mass is 9.93. The number of carbonyl (C=O) groups excluding carboxylic acids is 1. The molecular formula is C10H16N4O3. The summed E-state index contributed by atoms with van der Waals surface area (Å²) in [6.07, 6.45) is 0.896. The van der Waals surface area contributed by atoms with Crippen molar-refractivity contribution in [3.63, 3.8) is 0 Å². The third kappa shape index (κ3) is 2.03. The summed E-state index contributed by atoms with van der Waals surface area (Å²) < 4.78 is 7.16. The number of nitrogens with two attached hydrogens (primary N) is 1. The quantitative estimate of drug-likeness (QED) is 0.744. The average molecular weight is 240 g/mol. The van der Waals surface area contributed by atoms with Crippen LogP contribution in [0.1, 0.15) is 30.7 Å². The van der Waals surface area contributed by atoms with Gasteiger partial charge in [0.25, 0.3) is 5.91 Å². The highest BCUT2D eigenvalue weighted by molar-refractivity contribution is 5.88. The van der Waals surface area contributed by atoms with E-state index in [-0.39, 0.29) is 36.6 Å². The van der Waals surface area contributed by atoms with E-state index in [1.807, 2.05) is 13.8 Å². The highest BCUT2D eigenvalue weighted by Crippen LogP contribution is 2.37. The van der Waals surface area contributed by atoms with Crippen LogP contribution in [0.3, 0.4) is 0 Å². The van der Waals surface area contributed by atoms with Gasteiger partial charge in [0.15, 0.2) is 6.23 Å². The van der Waals surface area contributed by atoms with Crippen molar-refractivity contribution in [1.82, 2.24) is 14.8 Å². The van der Waals surface area contributed by atoms with Gasteiger partial charge in [0, 0.05) is 5.92 Å². The Bertz CT molecular complexity index is 419. The number of amides is 1. The van der Waals surface area contributed by atoms with Crippen LogP contribution < -0.4 is 5.73 Å². The molecule has 17 heavy (non-hydrogen) atoms. The molecule has 2 heterocycles. The van der Waals surface area contributed by atoms with E-state index in [1.165, 1.54) is 11.0 Å². The highest BCUT2D eigenvalue weighted by atomic mass is 16.5. The van der Waals surface area contributed by atoms with Crippen molar-refractivity contribution < 1.29 is 14.6 Å². The predicted molar refractivity (Wildman–Crippen MR) is 57.9 cm³/mol. The van der Waals surface area contributed by atoms with Gasteiger partial charge in [-0.2, -0.15) is 0 Å². The summed E-state index contributed by atoms with van der Waals surface area (Å²) >= 11 is 0. The van der Waals surface area contributed by atoms with Gasteiger partial charge in [-0.15, -0.1) is 5.10 Å².